The lowest BCUT2D eigenvalue weighted by Crippen LogP contribution is -2.16. The van der Waals surface area contributed by atoms with Crippen molar-refractivity contribution in [2.24, 2.45) is 12.9 Å². The molecule has 0 saturated heterocycles. The van der Waals surface area contributed by atoms with Gasteiger partial charge in [0.05, 0.1) is 11.4 Å². The van der Waals surface area contributed by atoms with Crippen LogP contribution in [0.5, 0.6) is 0 Å². The number of aromatic nitrogens is 4. The first kappa shape index (κ1) is 12.3. The van der Waals surface area contributed by atoms with Crippen LogP contribution in [0, 0.1) is 0 Å². The average Bonchev–Trinajstić information content (AvgIpc) is 2.73. The van der Waals surface area contributed by atoms with E-state index < -0.39 is 11.9 Å². The topological polar surface area (TPSA) is 81.7 Å². The summed E-state index contributed by atoms with van der Waals surface area (Å²) in [5, 5.41) is 3.86. The van der Waals surface area contributed by atoms with E-state index in [1.165, 1.54) is 10.9 Å². The molecule has 3 N–H and O–H groups in total. The van der Waals surface area contributed by atoms with Crippen LogP contribution in [0.3, 0.4) is 0 Å². The summed E-state index contributed by atoms with van der Waals surface area (Å²) >= 11 is 0. The van der Waals surface area contributed by atoms with Gasteiger partial charge in [-0.3, -0.25) is 10.1 Å². The van der Waals surface area contributed by atoms with E-state index in [0.29, 0.717) is 5.69 Å². The number of anilines is 1. The monoisotopic (exact) mass is 258 g/mol. The minimum Gasteiger partial charge on any atom is -0.292 e. The molecule has 0 amide bonds. The van der Waals surface area contributed by atoms with E-state index in [2.05, 4.69) is 15.1 Å². The zero-order valence-electron chi connectivity index (χ0n) is 9.23. The Hall–Kier alpha value is -2.16. The number of nitrogens with two attached hydrogens (primary N) is 1. The molecule has 2 heterocycles. The number of aryl methyl sites for hydroxylation is 1. The fraction of sp³-hybridized carbons (Fsp3) is 0.222. The number of nitrogen functional groups attached to an aromatic ring is 1. The molecule has 96 valence electrons. The summed E-state index contributed by atoms with van der Waals surface area (Å²) in [6.07, 6.45) is -3.11. The molecule has 0 atom stereocenters. The first-order valence-corrected chi connectivity index (χ1v) is 4.83. The minimum atomic E-state index is -4.57. The number of rotatable bonds is 2. The second-order valence-corrected chi connectivity index (χ2v) is 3.44. The maximum atomic E-state index is 12.6. The Bertz CT molecular complexity index is 562. The molecule has 6 nitrogen and oxygen atoms in total. The van der Waals surface area contributed by atoms with Gasteiger partial charge in [0.1, 0.15) is 0 Å². The lowest BCUT2D eigenvalue weighted by atomic mass is 10.2. The Balaban J connectivity index is 2.58. The molecule has 2 aromatic rings. The van der Waals surface area contributed by atoms with E-state index in [4.69, 9.17) is 5.84 Å². The van der Waals surface area contributed by atoms with Crippen molar-refractivity contribution in [3.8, 4) is 11.4 Å². The van der Waals surface area contributed by atoms with Crippen molar-refractivity contribution < 1.29 is 13.2 Å². The van der Waals surface area contributed by atoms with Crippen LogP contribution in [0.15, 0.2) is 18.3 Å². The van der Waals surface area contributed by atoms with Gasteiger partial charge in [0, 0.05) is 13.2 Å². The van der Waals surface area contributed by atoms with Crippen LogP contribution in [0.4, 0.5) is 19.1 Å². The highest BCUT2D eigenvalue weighted by Gasteiger charge is 2.34. The lowest BCUT2D eigenvalue weighted by Gasteiger charge is -2.10. The molecule has 0 spiro atoms. The Morgan fingerprint density at radius 2 is 2.06 bits per heavy atom. The van der Waals surface area contributed by atoms with Gasteiger partial charge in [-0.05, 0) is 12.1 Å². The summed E-state index contributed by atoms with van der Waals surface area (Å²) in [7, 11) is 1.60. The van der Waals surface area contributed by atoms with Crippen molar-refractivity contribution in [2.75, 3.05) is 5.43 Å². The number of halogens is 3. The van der Waals surface area contributed by atoms with Crippen molar-refractivity contribution >= 4 is 5.95 Å². The average molecular weight is 258 g/mol. The molecule has 0 radical (unpaired) electrons. The van der Waals surface area contributed by atoms with Crippen molar-refractivity contribution in [3.05, 3.63) is 24.0 Å². The third kappa shape index (κ3) is 2.25. The van der Waals surface area contributed by atoms with Gasteiger partial charge in [-0.25, -0.2) is 15.8 Å². The van der Waals surface area contributed by atoms with Crippen LogP contribution in [0.25, 0.3) is 11.4 Å². The van der Waals surface area contributed by atoms with E-state index in [1.807, 2.05) is 5.43 Å². The molecule has 2 rings (SSSR count). The van der Waals surface area contributed by atoms with Crippen molar-refractivity contribution in [3.63, 3.8) is 0 Å². The predicted molar refractivity (Wildman–Crippen MR) is 57.0 cm³/mol. The Kier molecular flexibility index (Phi) is 2.91. The predicted octanol–water partition coefficient (Wildman–Crippen LogP) is 1.18. The highest BCUT2D eigenvalue weighted by molar-refractivity contribution is 5.56. The smallest absolute Gasteiger partial charge is 0.292 e. The summed E-state index contributed by atoms with van der Waals surface area (Å²) in [4.78, 5) is 7.12. The van der Waals surface area contributed by atoms with Gasteiger partial charge in [-0.15, -0.1) is 0 Å². The highest BCUT2D eigenvalue weighted by atomic mass is 19.4. The number of hydrogen-bond acceptors (Lipinski definition) is 5. The molecule has 0 aliphatic rings. The van der Waals surface area contributed by atoms with Crippen LogP contribution >= 0.6 is 0 Å². The molecule has 0 saturated carbocycles. The van der Waals surface area contributed by atoms with Crippen LogP contribution in [0.2, 0.25) is 0 Å². The van der Waals surface area contributed by atoms with Crippen LogP contribution in [-0.4, -0.2) is 19.7 Å². The summed E-state index contributed by atoms with van der Waals surface area (Å²) in [6.45, 7) is 0. The number of alkyl halides is 3. The van der Waals surface area contributed by atoms with Crippen LogP contribution < -0.4 is 11.3 Å². The van der Waals surface area contributed by atoms with Crippen molar-refractivity contribution in [1.82, 2.24) is 19.7 Å². The standard InChI is InChI=1S/C9H9F3N6/c1-18-6(2-3-14-18)5-4-7(9(10,11)12)16-8(15-5)17-13/h2-4H,13H2,1H3,(H,15,16,17). The molecule has 0 aliphatic carbocycles. The van der Waals surface area contributed by atoms with Crippen LogP contribution in [-0.2, 0) is 13.2 Å². The fourth-order valence-corrected chi connectivity index (χ4v) is 1.41. The molecule has 18 heavy (non-hydrogen) atoms. The Labute approximate surface area is 99.6 Å². The highest BCUT2D eigenvalue weighted by Crippen LogP contribution is 2.30. The van der Waals surface area contributed by atoms with E-state index in [1.54, 1.807) is 13.1 Å². The quantitative estimate of drug-likeness (QED) is 0.624. The second kappa shape index (κ2) is 4.26. The Morgan fingerprint density at radius 1 is 1.33 bits per heavy atom. The number of nitrogens with zero attached hydrogens (tertiary/aromatic N) is 4. The summed E-state index contributed by atoms with van der Waals surface area (Å²) < 4.78 is 39.3. The van der Waals surface area contributed by atoms with E-state index >= 15 is 0 Å². The zero-order chi connectivity index (χ0) is 13.3. The van der Waals surface area contributed by atoms with Gasteiger partial charge in [-0.1, -0.05) is 0 Å². The first-order valence-electron chi connectivity index (χ1n) is 4.83. The molecule has 2 aromatic heterocycles. The summed E-state index contributed by atoms with van der Waals surface area (Å²) in [5.74, 6) is 4.75. The fourth-order valence-electron chi connectivity index (χ4n) is 1.41. The van der Waals surface area contributed by atoms with Gasteiger partial charge < -0.3 is 0 Å². The maximum absolute atomic E-state index is 12.6. The second-order valence-electron chi connectivity index (χ2n) is 3.44. The van der Waals surface area contributed by atoms with E-state index in [0.717, 1.165) is 6.07 Å². The third-order valence-corrected chi connectivity index (χ3v) is 2.23. The van der Waals surface area contributed by atoms with Gasteiger partial charge in [0.25, 0.3) is 0 Å². The SMILES string of the molecule is Cn1nccc1-c1cc(C(F)(F)F)nc(NN)n1. The summed E-state index contributed by atoms with van der Waals surface area (Å²) in [6, 6.07) is 2.39. The molecule has 0 aromatic carbocycles. The van der Waals surface area contributed by atoms with Gasteiger partial charge in [0.15, 0.2) is 5.69 Å². The minimum absolute atomic E-state index is 0.0882. The van der Waals surface area contributed by atoms with Gasteiger partial charge in [-0.2, -0.15) is 18.3 Å². The first-order chi connectivity index (χ1) is 8.41. The van der Waals surface area contributed by atoms with E-state index in [9.17, 15) is 13.2 Å². The largest absolute Gasteiger partial charge is 0.433 e. The van der Waals surface area contributed by atoms with Crippen molar-refractivity contribution in [2.45, 2.75) is 6.18 Å². The number of hydrazine groups is 1. The van der Waals surface area contributed by atoms with Gasteiger partial charge in [0.2, 0.25) is 5.95 Å². The number of hydrogen-bond donors (Lipinski definition) is 2. The molecule has 0 unspecified atom stereocenters. The molecule has 0 aliphatic heterocycles. The van der Waals surface area contributed by atoms with Gasteiger partial charge >= 0.3 is 6.18 Å². The molecule has 0 bridgehead atoms. The molecule has 0 fully saturated rings. The normalized spacial score (nSPS) is 11.6. The molecule has 9 heteroatoms. The van der Waals surface area contributed by atoms with Crippen LogP contribution in [0.1, 0.15) is 5.69 Å². The third-order valence-electron chi connectivity index (χ3n) is 2.23. The molecular weight excluding hydrogens is 249 g/mol. The maximum Gasteiger partial charge on any atom is 0.433 e. The zero-order valence-corrected chi connectivity index (χ0v) is 9.23. The van der Waals surface area contributed by atoms with E-state index in [-0.39, 0.29) is 11.6 Å². The molecular formula is C9H9F3N6. The summed E-state index contributed by atoms with van der Waals surface area (Å²) in [5.41, 5.74) is 1.46. The lowest BCUT2D eigenvalue weighted by molar-refractivity contribution is -0.141. The number of nitrogens with one attached hydrogen (secondary N) is 1. The Morgan fingerprint density at radius 3 is 2.56 bits per heavy atom. The van der Waals surface area contributed by atoms with Crippen molar-refractivity contribution in [1.29, 1.82) is 0 Å².